The van der Waals surface area contributed by atoms with Crippen molar-refractivity contribution in [1.82, 2.24) is 20.4 Å². The first-order chi connectivity index (χ1) is 15.6. The van der Waals surface area contributed by atoms with Gasteiger partial charge in [-0.25, -0.2) is 9.97 Å². The molecule has 0 radical (unpaired) electrons. The molecule has 3 heterocycles. The second-order valence-corrected chi connectivity index (χ2v) is 7.96. The van der Waals surface area contributed by atoms with Gasteiger partial charge in [0.2, 0.25) is 0 Å². The van der Waals surface area contributed by atoms with Crippen LogP contribution in [0.1, 0.15) is 21.7 Å². The van der Waals surface area contributed by atoms with Gasteiger partial charge in [0.25, 0.3) is 5.91 Å². The Bertz CT molecular complexity index is 1280. The second-order valence-electron chi connectivity index (χ2n) is 7.56. The quantitative estimate of drug-likeness (QED) is 0.485. The van der Waals surface area contributed by atoms with Crippen molar-refractivity contribution in [3.63, 3.8) is 0 Å². The van der Waals surface area contributed by atoms with Gasteiger partial charge in [-0.3, -0.25) is 4.79 Å². The topological polar surface area (TPSA) is 90.1 Å². The van der Waals surface area contributed by atoms with E-state index in [4.69, 9.17) is 20.9 Å². The predicted molar refractivity (Wildman–Crippen MR) is 120 cm³/mol. The van der Waals surface area contributed by atoms with Crippen LogP contribution < -0.4 is 10.1 Å². The molecule has 0 spiro atoms. The van der Waals surface area contributed by atoms with Crippen LogP contribution in [0.3, 0.4) is 0 Å². The highest BCUT2D eigenvalue weighted by atomic mass is 35.5. The summed E-state index contributed by atoms with van der Waals surface area (Å²) in [7, 11) is 0. The van der Waals surface area contributed by atoms with E-state index in [0.717, 1.165) is 22.3 Å². The third-order valence-electron chi connectivity index (χ3n) is 5.37. The van der Waals surface area contributed by atoms with Crippen LogP contribution in [0.25, 0.3) is 22.4 Å². The molecule has 5 rings (SSSR count). The van der Waals surface area contributed by atoms with Gasteiger partial charge in [0.05, 0.1) is 11.6 Å². The van der Waals surface area contributed by atoms with E-state index < -0.39 is 0 Å². The number of ether oxygens (including phenoxy) is 1. The van der Waals surface area contributed by atoms with Gasteiger partial charge in [-0.15, -0.1) is 0 Å². The Morgan fingerprint density at radius 1 is 1.12 bits per heavy atom. The number of nitrogens with zero attached hydrogens (tertiary/aromatic N) is 3. The molecule has 0 bridgehead atoms. The molecule has 0 aliphatic carbocycles. The van der Waals surface area contributed by atoms with E-state index in [1.165, 1.54) is 6.33 Å². The van der Waals surface area contributed by atoms with Crippen LogP contribution in [0.2, 0.25) is 5.02 Å². The molecule has 0 saturated heterocycles. The van der Waals surface area contributed by atoms with Crippen LogP contribution in [-0.2, 0) is 6.42 Å². The van der Waals surface area contributed by atoms with Gasteiger partial charge in [0.15, 0.2) is 0 Å². The smallest absolute Gasteiger partial charge is 0.257 e. The largest absolute Gasteiger partial charge is 0.486 e. The number of nitrogens with one attached hydrogen (secondary N) is 1. The Hall–Kier alpha value is -3.71. The number of aryl methyl sites for hydroxylation is 1. The Labute approximate surface area is 189 Å². The van der Waals surface area contributed by atoms with E-state index in [-0.39, 0.29) is 12.0 Å². The maximum atomic E-state index is 12.9. The molecule has 0 saturated carbocycles. The highest BCUT2D eigenvalue weighted by Crippen LogP contribution is 2.39. The lowest BCUT2D eigenvalue weighted by molar-refractivity contribution is 0.0932. The van der Waals surface area contributed by atoms with Crippen LogP contribution in [0, 0.1) is 6.92 Å². The number of aromatic nitrogens is 3. The maximum absolute atomic E-state index is 12.9. The molecular formula is C24H19ClN4O3. The molecule has 0 fully saturated rings. The molecule has 32 heavy (non-hydrogen) atoms. The lowest BCUT2D eigenvalue weighted by atomic mass is 10.0. The molecule has 1 aliphatic rings. The number of carbonyl (C=O) groups excluding carboxylic acids is 1. The molecule has 1 N–H and O–H groups in total. The minimum absolute atomic E-state index is 0.228. The fourth-order valence-electron chi connectivity index (χ4n) is 3.84. The van der Waals surface area contributed by atoms with Crippen molar-refractivity contribution >= 4 is 17.5 Å². The highest BCUT2D eigenvalue weighted by Gasteiger charge is 2.28. The zero-order chi connectivity index (χ0) is 22.1. The first-order valence-electron chi connectivity index (χ1n) is 10.1. The second kappa shape index (κ2) is 8.43. The van der Waals surface area contributed by atoms with Crippen molar-refractivity contribution in [1.29, 1.82) is 0 Å². The highest BCUT2D eigenvalue weighted by molar-refractivity contribution is 6.32. The summed E-state index contributed by atoms with van der Waals surface area (Å²) in [6.07, 6.45) is 5.37. The molecule has 8 heteroatoms. The monoisotopic (exact) mass is 446 g/mol. The third kappa shape index (κ3) is 3.83. The summed E-state index contributed by atoms with van der Waals surface area (Å²) >= 11 is 6.47. The summed E-state index contributed by atoms with van der Waals surface area (Å²) in [6.45, 7) is 2.05. The standard InChI is InChI=1S/C24H19ClN4O3/c1-14-21(22(29-32-14)15-5-3-2-4-6-15)24(30)28-12-19-8-17-7-16(9-20(25)23(17)31-19)18-10-26-13-27-11-18/h2-7,9-11,13,19H,8,12H2,1H3,(H,28,30)/t19-/m1/s1. The Kier molecular flexibility index (Phi) is 5.33. The number of fused-ring (bicyclic) bond motifs is 1. The summed E-state index contributed by atoms with van der Waals surface area (Å²) in [6, 6.07) is 13.3. The molecule has 7 nitrogen and oxygen atoms in total. The summed E-state index contributed by atoms with van der Waals surface area (Å²) < 4.78 is 11.3. The zero-order valence-electron chi connectivity index (χ0n) is 17.2. The predicted octanol–water partition coefficient (Wildman–Crippen LogP) is 4.49. The van der Waals surface area contributed by atoms with Crippen molar-refractivity contribution in [3.8, 4) is 28.1 Å². The van der Waals surface area contributed by atoms with Crippen molar-refractivity contribution in [3.05, 3.63) is 83.1 Å². The summed E-state index contributed by atoms with van der Waals surface area (Å²) in [5.41, 5.74) is 4.57. The summed E-state index contributed by atoms with van der Waals surface area (Å²) in [5.74, 6) is 0.864. The van der Waals surface area contributed by atoms with Crippen LogP contribution in [-0.4, -0.2) is 33.7 Å². The van der Waals surface area contributed by atoms with Crippen molar-refractivity contribution < 1.29 is 14.1 Å². The lowest BCUT2D eigenvalue weighted by Crippen LogP contribution is -2.34. The Morgan fingerprint density at radius 2 is 1.91 bits per heavy atom. The average molecular weight is 447 g/mol. The first-order valence-corrected chi connectivity index (χ1v) is 10.5. The van der Waals surface area contributed by atoms with E-state index in [1.54, 1.807) is 19.3 Å². The third-order valence-corrected chi connectivity index (χ3v) is 5.65. The first kappa shape index (κ1) is 20.2. The Morgan fingerprint density at radius 3 is 2.69 bits per heavy atom. The number of halogens is 1. The summed E-state index contributed by atoms with van der Waals surface area (Å²) in [5, 5.41) is 7.55. The number of benzene rings is 2. The minimum atomic E-state index is -0.254. The molecule has 4 aromatic rings. The zero-order valence-corrected chi connectivity index (χ0v) is 18.0. The maximum Gasteiger partial charge on any atom is 0.257 e. The molecule has 1 atom stereocenters. The van der Waals surface area contributed by atoms with Gasteiger partial charge in [-0.2, -0.15) is 0 Å². The fraction of sp³-hybridized carbons (Fsp3) is 0.167. The van der Waals surface area contributed by atoms with E-state index in [0.29, 0.717) is 40.8 Å². The molecule has 0 unspecified atom stereocenters. The Balaban J connectivity index is 1.30. The van der Waals surface area contributed by atoms with E-state index >= 15 is 0 Å². The van der Waals surface area contributed by atoms with Gasteiger partial charge in [0, 0.05) is 35.5 Å². The van der Waals surface area contributed by atoms with E-state index in [1.807, 2.05) is 42.5 Å². The fourth-order valence-corrected chi connectivity index (χ4v) is 4.13. The van der Waals surface area contributed by atoms with Crippen LogP contribution in [0.15, 0.2) is 65.7 Å². The number of rotatable bonds is 5. The number of carbonyl (C=O) groups is 1. The van der Waals surface area contributed by atoms with Gasteiger partial charge >= 0.3 is 0 Å². The number of hydrogen-bond acceptors (Lipinski definition) is 6. The van der Waals surface area contributed by atoms with Crippen molar-refractivity contribution in [2.45, 2.75) is 19.4 Å². The molecule has 1 amide bonds. The molecular weight excluding hydrogens is 428 g/mol. The molecule has 2 aromatic carbocycles. The van der Waals surface area contributed by atoms with Gasteiger partial charge in [0.1, 0.15) is 35.2 Å². The normalized spacial score (nSPS) is 14.6. The molecule has 1 aliphatic heterocycles. The van der Waals surface area contributed by atoms with Crippen molar-refractivity contribution in [2.24, 2.45) is 0 Å². The minimum Gasteiger partial charge on any atom is -0.486 e. The molecule has 2 aromatic heterocycles. The average Bonchev–Trinajstić information content (AvgIpc) is 3.42. The lowest BCUT2D eigenvalue weighted by Gasteiger charge is -2.12. The summed E-state index contributed by atoms with van der Waals surface area (Å²) in [4.78, 5) is 21.1. The van der Waals surface area contributed by atoms with Crippen LogP contribution in [0.5, 0.6) is 5.75 Å². The van der Waals surface area contributed by atoms with Crippen LogP contribution in [0.4, 0.5) is 0 Å². The number of hydrogen-bond donors (Lipinski definition) is 1. The van der Waals surface area contributed by atoms with E-state index in [2.05, 4.69) is 20.4 Å². The molecule has 160 valence electrons. The van der Waals surface area contributed by atoms with Crippen molar-refractivity contribution in [2.75, 3.05) is 6.54 Å². The SMILES string of the molecule is Cc1onc(-c2ccccc2)c1C(=O)NC[C@H]1Cc2cc(-c3cncnc3)cc(Cl)c2O1. The number of amides is 1. The van der Waals surface area contributed by atoms with Crippen LogP contribution >= 0.6 is 11.6 Å². The van der Waals surface area contributed by atoms with E-state index in [9.17, 15) is 4.79 Å². The van der Waals surface area contributed by atoms with Gasteiger partial charge in [-0.05, 0) is 24.6 Å². The van der Waals surface area contributed by atoms with Gasteiger partial charge in [-0.1, -0.05) is 47.1 Å². The van der Waals surface area contributed by atoms with Gasteiger partial charge < -0.3 is 14.6 Å².